The van der Waals surface area contributed by atoms with Gasteiger partial charge in [-0.3, -0.25) is 5.84 Å². The monoisotopic (exact) mass is 174 g/mol. The molecule has 0 aromatic rings. The zero-order valence-electron chi connectivity index (χ0n) is 5.40. The number of hydrogen-bond donors (Lipinski definition) is 2. The smallest absolute Gasteiger partial charge is 0.340 e. The fourth-order valence-corrected chi connectivity index (χ4v) is 0.530. The van der Waals surface area contributed by atoms with Crippen molar-refractivity contribution >= 4 is 11.6 Å². The van der Waals surface area contributed by atoms with Gasteiger partial charge in [-0.2, -0.15) is 8.78 Å². The maximum Gasteiger partial charge on any atom is 0.340 e. The van der Waals surface area contributed by atoms with E-state index in [1.165, 1.54) is 7.11 Å². The molecule has 0 aliphatic rings. The minimum Gasteiger partial charge on any atom is -0.383 e. The molecule has 0 amide bonds. The molecule has 1 atom stereocenters. The van der Waals surface area contributed by atoms with Crippen molar-refractivity contribution in [2.75, 3.05) is 13.7 Å². The van der Waals surface area contributed by atoms with E-state index >= 15 is 0 Å². The molecule has 0 aliphatic carbocycles. The number of hydrogen-bond acceptors (Lipinski definition) is 3. The largest absolute Gasteiger partial charge is 0.383 e. The molecule has 62 valence electrons. The summed E-state index contributed by atoms with van der Waals surface area (Å²) < 4.78 is 28.6. The molecule has 0 bridgehead atoms. The van der Waals surface area contributed by atoms with Gasteiger partial charge in [-0.05, 0) is 11.6 Å². The summed E-state index contributed by atoms with van der Waals surface area (Å²) in [6, 6.07) is -1.35. The Hall–Kier alpha value is 0.0300. The van der Waals surface area contributed by atoms with Gasteiger partial charge in [0.1, 0.15) is 6.04 Å². The second-order valence-corrected chi connectivity index (χ2v) is 2.22. The highest BCUT2D eigenvalue weighted by molar-refractivity contribution is 6.22. The van der Waals surface area contributed by atoms with Gasteiger partial charge in [0.2, 0.25) is 0 Å². The molecule has 0 radical (unpaired) electrons. The van der Waals surface area contributed by atoms with Crippen LogP contribution in [0.2, 0.25) is 0 Å². The summed E-state index contributed by atoms with van der Waals surface area (Å²) in [7, 11) is 1.28. The highest BCUT2D eigenvalue weighted by Gasteiger charge is 2.36. The Morgan fingerprint density at radius 3 is 2.40 bits per heavy atom. The van der Waals surface area contributed by atoms with Gasteiger partial charge < -0.3 is 4.74 Å². The zero-order valence-corrected chi connectivity index (χ0v) is 6.16. The Labute approximate surface area is 62.4 Å². The molecule has 0 aromatic carbocycles. The third kappa shape index (κ3) is 3.26. The molecule has 3 N–H and O–H groups in total. The van der Waals surface area contributed by atoms with Gasteiger partial charge in [0.25, 0.3) is 0 Å². The lowest BCUT2D eigenvalue weighted by Gasteiger charge is -2.18. The van der Waals surface area contributed by atoms with Crippen LogP contribution in [0.3, 0.4) is 0 Å². The molecule has 1 unspecified atom stereocenters. The summed E-state index contributed by atoms with van der Waals surface area (Å²) >= 11 is 4.62. The SMILES string of the molecule is COCC(NN)C(F)(F)Cl. The minimum atomic E-state index is -3.37. The number of alkyl halides is 3. The normalized spacial score (nSPS) is 15.3. The van der Waals surface area contributed by atoms with Crippen LogP contribution in [0.15, 0.2) is 0 Å². The number of halogens is 3. The molecule has 0 saturated carbocycles. The van der Waals surface area contributed by atoms with Crippen LogP contribution in [-0.2, 0) is 4.74 Å². The van der Waals surface area contributed by atoms with Crippen LogP contribution in [0.4, 0.5) is 8.78 Å². The Kier molecular flexibility index (Phi) is 4.04. The third-order valence-electron chi connectivity index (χ3n) is 0.930. The predicted octanol–water partition coefficient (Wildman–Crippen LogP) is 0.296. The van der Waals surface area contributed by atoms with E-state index in [0.29, 0.717) is 0 Å². The van der Waals surface area contributed by atoms with Crippen molar-refractivity contribution in [1.29, 1.82) is 0 Å². The lowest BCUT2D eigenvalue weighted by Crippen LogP contribution is -2.48. The first-order valence-corrected chi connectivity index (χ1v) is 2.92. The second-order valence-electron chi connectivity index (χ2n) is 1.72. The van der Waals surface area contributed by atoms with Crippen molar-refractivity contribution in [2.45, 2.75) is 11.4 Å². The molecule has 10 heavy (non-hydrogen) atoms. The van der Waals surface area contributed by atoms with Gasteiger partial charge in [-0.1, -0.05) is 0 Å². The van der Waals surface area contributed by atoms with E-state index in [1.807, 2.05) is 5.43 Å². The van der Waals surface area contributed by atoms with E-state index in [9.17, 15) is 8.78 Å². The average Bonchev–Trinajstić information content (AvgIpc) is 1.80. The maximum atomic E-state index is 12.1. The van der Waals surface area contributed by atoms with E-state index in [-0.39, 0.29) is 6.61 Å². The summed E-state index contributed by atoms with van der Waals surface area (Å²) in [5.74, 6) is 4.75. The second kappa shape index (κ2) is 4.02. The van der Waals surface area contributed by atoms with Gasteiger partial charge in [-0.25, -0.2) is 5.43 Å². The lowest BCUT2D eigenvalue weighted by atomic mass is 10.3. The number of methoxy groups -OCH3 is 1. The number of nitrogens with one attached hydrogen (secondary N) is 1. The van der Waals surface area contributed by atoms with Crippen molar-refractivity contribution in [3.63, 3.8) is 0 Å². The van der Waals surface area contributed by atoms with Gasteiger partial charge in [-0.15, -0.1) is 0 Å². The highest BCUT2D eigenvalue weighted by atomic mass is 35.5. The molecule has 0 saturated heterocycles. The van der Waals surface area contributed by atoms with E-state index in [1.54, 1.807) is 0 Å². The standard InChI is InChI=1S/C4H9ClF2N2O/c1-10-2-3(9-8)4(5,6)7/h3,9H,2,8H2,1H3. The van der Waals surface area contributed by atoms with Crippen molar-refractivity contribution < 1.29 is 13.5 Å². The summed E-state index contributed by atoms with van der Waals surface area (Å²) in [4.78, 5) is 0. The number of ether oxygens (including phenoxy) is 1. The molecule has 0 spiro atoms. The van der Waals surface area contributed by atoms with Crippen LogP contribution in [-0.4, -0.2) is 25.1 Å². The molecular formula is C4H9ClF2N2O. The Balaban J connectivity index is 3.81. The van der Waals surface area contributed by atoms with Gasteiger partial charge >= 0.3 is 5.38 Å². The number of hydrazine groups is 1. The summed E-state index contributed by atoms with van der Waals surface area (Å²) in [5.41, 5.74) is 1.84. The van der Waals surface area contributed by atoms with E-state index in [4.69, 9.17) is 5.84 Å². The molecule has 3 nitrogen and oxygen atoms in total. The van der Waals surface area contributed by atoms with Gasteiger partial charge in [0.15, 0.2) is 0 Å². The third-order valence-corrected chi connectivity index (χ3v) is 1.19. The van der Waals surface area contributed by atoms with Gasteiger partial charge in [0, 0.05) is 7.11 Å². The van der Waals surface area contributed by atoms with Crippen molar-refractivity contribution in [2.24, 2.45) is 5.84 Å². The van der Waals surface area contributed by atoms with Crippen LogP contribution in [0.25, 0.3) is 0 Å². The van der Waals surface area contributed by atoms with E-state index in [2.05, 4.69) is 16.3 Å². The lowest BCUT2D eigenvalue weighted by molar-refractivity contribution is 0.0134. The molecule has 0 fully saturated rings. The quantitative estimate of drug-likeness (QED) is 0.366. The van der Waals surface area contributed by atoms with Crippen LogP contribution in [0, 0.1) is 0 Å². The topological polar surface area (TPSA) is 47.3 Å². The molecule has 6 heteroatoms. The minimum absolute atomic E-state index is 0.229. The molecule has 0 aromatic heterocycles. The van der Waals surface area contributed by atoms with Crippen LogP contribution in [0.1, 0.15) is 0 Å². The first-order chi connectivity index (χ1) is 4.52. The summed E-state index contributed by atoms with van der Waals surface area (Å²) in [6.45, 7) is -0.229. The number of nitrogens with two attached hydrogens (primary N) is 1. The fraction of sp³-hybridized carbons (Fsp3) is 1.00. The van der Waals surface area contributed by atoms with Crippen molar-refractivity contribution in [1.82, 2.24) is 5.43 Å². The molecule has 0 rings (SSSR count). The molecule has 0 aliphatic heterocycles. The first-order valence-electron chi connectivity index (χ1n) is 2.54. The Morgan fingerprint density at radius 1 is 1.80 bits per heavy atom. The van der Waals surface area contributed by atoms with Crippen molar-refractivity contribution in [3.8, 4) is 0 Å². The highest BCUT2D eigenvalue weighted by Crippen LogP contribution is 2.22. The van der Waals surface area contributed by atoms with E-state index in [0.717, 1.165) is 0 Å². The van der Waals surface area contributed by atoms with Crippen LogP contribution in [0.5, 0.6) is 0 Å². The first kappa shape index (κ1) is 10.0. The summed E-state index contributed by atoms with van der Waals surface area (Å²) in [5, 5.41) is -3.37. The van der Waals surface area contributed by atoms with E-state index < -0.39 is 11.4 Å². The summed E-state index contributed by atoms with van der Waals surface area (Å²) in [6.07, 6.45) is 0. The number of rotatable bonds is 4. The van der Waals surface area contributed by atoms with Crippen molar-refractivity contribution in [3.05, 3.63) is 0 Å². The predicted molar refractivity (Wildman–Crippen MR) is 33.8 cm³/mol. The zero-order chi connectivity index (χ0) is 8.20. The van der Waals surface area contributed by atoms with Crippen LogP contribution < -0.4 is 11.3 Å². The Morgan fingerprint density at radius 2 is 2.30 bits per heavy atom. The maximum absolute atomic E-state index is 12.1. The Bertz CT molecular complexity index is 97.7. The van der Waals surface area contributed by atoms with Gasteiger partial charge in [0.05, 0.1) is 6.61 Å². The molecular weight excluding hydrogens is 166 g/mol. The fourth-order valence-electron chi connectivity index (χ4n) is 0.404. The molecule has 0 heterocycles. The average molecular weight is 175 g/mol. The van der Waals surface area contributed by atoms with Crippen LogP contribution >= 0.6 is 11.6 Å².